The molecule has 19 heavy (non-hydrogen) atoms. The first kappa shape index (κ1) is 12.2. The second-order valence-electron chi connectivity index (χ2n) is 5.07. The molecule has 0 aliphatic carbocycles. The van der Waals surface area contributed by atoms with Crippen molar-refractivity contribution >= 4 is 11.6 Å². The quantitative estimate of drug-likeness (QED) is 0.838. The molecule has 1 aliphatic heterocycles. The van der Waals surface area contributed by atoms with Crippen molar-refractivity contribution in [3.63, 3.8) is 0 Å². The third-order valence-electron chi connectivity index (χ3n) is 3.60. The molecule has 1 fully saturated rings. The van der Waals surface area contributed by atoms with Gasteiger partial charge in [0.1, 0.15) is 11.3 Å². The highest BCUT2D eigenvalue weighted by molar-refractivity contribution is 5.93. The third kappa shape index (κ3) is 2.21. The molecule has 0 bridgehead atoms. The maximum atomic E-state index is 12.4. The number of aliphatic hydroxyl groups is 1. The summed E-state index contributed by atoms with van der Waals surface area (Å²) in [7, 11) is 0. The Labute approximate surface area is 111 Å². The Balaban J connectivity index is 1.91. The van der Waals surface area contributed by atoms with Crippen molar-refractivity contribution in [2.75, 3.05) is 13.1 Å². The predicted molar refractivity (Wildman–Crippen MR) is 71.1 cm³/mol. The number of aromatic nitrogens is 2. The Hall–Kier alpha value is -1.88. The van der Waals surface area contributed by atoms with E-state index in [2.05, 4.69) is 4.98 Å². The predicted octanol–water partition coefficient (Wildman–Crippen LogP) is 1.24. The molecule has 3 rings (SSSR count). The molecule has 100 valence electrons. The van der Waals surface area contributed by atoms with Gasteiger partial charge in [-0.1, -0.05) is 6.07 Å². The smallest absolute Gasteiger partial charge is 0.274 e. The number of piperidine rings is 1. The van der Waals surface area contributed by atoms with E-state index in [9.17, 15) is 9.90 Å². The van der Waals surface area contributed by atoms with E-state index >= 15 is 0 Å². The third-order valence-corrected chi connectivity index (χ3v) is 3.60. The molecule has 2 aromatic heterocycles. The summed E-state index contributed by atoms with van der Waals surface area (Å²) in [5, 5.41) is 9.64. The van der Waals surface area contributed by atoms with Crippen LogP contribution < -0.4 is 0 Å². The molecule has 0 radical (unpaired) electrons. The highest BCUT2D eigenvalue weighted by Crippen LogP contribution is 2.15. The minimum Gasteiger partial charge on any atom is -0.391 e. The molecule has 1 amide bonds. The van der Waals surface area contributed by atoms with Gasteiger partial charge in [0.05, 0.1) is 6.10 Å². The molecule has 5 nitrogen and oxygen atoms in total. The minimum atomic E-state index is -0.406. The summed E-state index contributed by atoms with van der Waals surface area (Å²) in [4.78, 5) is 18.4. The van der Waals surface area contributed by atoms with Crippen molar-refractivity contribution in [1.29, 1.82) is 0 Å². The second-order valence-corrected chi connectivity index (χ2v) is 5.07. The average Bonchev–Trinajstić information content (AvgIpc) is 2.83. The number of fused-ring (bicyclic) bond motifs is 1. The van der Waals surface area contributed by atoms with E-state index in [1.165, 1.54) is 0 Å². The van der Waals surface area contributed by atoms with Crippen LogP contribution in [0.4, 0.5) is 0 Å². The number of imidazole rings is 1. The number of aliphatic hydroxyl groups excluding tert-OH is 1. The number of aryl methyl sites for hydroxylation is 1. The number of likely N-dealkylation sites (tertiary alicyclic amines) is 1. The largest absolute Gasteiger partial charge is 0.391 e. The first-order valence-electron chi connectivity index (χ1n) is 6.57. The molecular weight excluding hydrogens is 242 g/mol. The molecule has 1 unspecified atom stereocenters. The monoisotopic (exact) mass is 259 g/mol. The fraction of sp³-hybridized carbons (Fsp3) is 0.429. The molecule has 0 spiro atoms. The van der Waals surface area contributed by atoms with Gasteiger partial charge in [-0.2, -0.15) is 0 Å². The van der Waals surface area contributed by atoms with Gasteiger partial charge in [-0.25, -0.2) is 4.98 Å². The number of hydrogen-bond acceptors (Lipinski definition) is 3. The van der Waals surface area contributed by atoms with Gasteiger partial charge in [0.15, 0.2) is 0 Å². The number of hydrogen-bond donors (Lipinski definition) is 1. The SMILES string of the molecule is Cc1cccc2nc(C(=O)N3CCCC(O)C3)cn12. The Morgan fingerprint density at radius 2 is 2.32 bits per heavy atom. The van der Waals surface area contributed by atoms with Crippen molar-refractivity contribution in [1.82, 2.24) is 14.3 Å². The van der Waals surface area contributed by atoms with Crippen LogP contribution in [0.2, 0.25) is 0 Å². The zero-order chi connectivity index (χ0) is 13.4. The molecule has 0 saturated carbocycles. The number of rotatable bonds is 1. The van der Waals surface area contributed by atoms with Crippen LogP contribution in [-0.2, 0) is 0 Å². The molecule has 1 atom stereocenters. The summed E-state index contributed by atoms with van der Waals surface area (Å²) in [5.74, 6) is -0.0955. The van der Waals surface area contributed by atoms with Crippen LogP contribution in [0.5, 0.6) is 0 Å². The summed E-state index contributed by atoms with van der Waals surface area (Å²) in [5.41, 5.74) is 2.27. The molecule has 3 heterocycles. The number of carbonyl (C=O) groups is 1. The van der Waals surface area contributed by atoms with Crippen LogP contribution in [0.15, 0.2) is 24.4 Å². The first-order valence-corrected chi connectivity index (χ1v) is 6.57. The van der Waals surface area contributed by atoms with Gasteiger partial charge >= 0.3 is 0 Å². The standard InChI is InChI=1S/C14H17N3O2/c1-10-4-2-6-13-15-12(9-17(10)13)14(19)16-7-3-5-11(18)8-16/h2,4,6,9,11,18H,3,5,7-8H2,1H3. The van der Waals surface area contributed by atoms with Crippen molar-refractivity contribution in [2.45, 2.75) is 25.9 Å². The van der Waals surface area contributed by atoms with Crippen molar-refractivity contribution in [2.24, 2.45) is 0 Å². The number of nitrogens with zero attached hydrogens (tertiary/aromatic N) is 3. The van der Waals surface area contributed by atoms with Crippen LogP contribution in [0, 0.1) is 6.92 Å². The van der Waals surface area contributed by atoms with Gasteiger partial charge in [-0.05, 0) is 31.9 Å². The van der Waals surface area contributed by atoms with E-state index in [1.807, 2.05) is 29.5 Å². The topological polar surface area (TPSA) is 57.8 Å². The molecule has 1 N–H and O–H groups in total. The second kappa shape index (κ2) is 4.66. The fourth-order valence-corrected chi connectivity index (χ4v) is 2.55. The lowest BCUT2D eigenvalue weighted by molar-refractivity contribution is 0.0469. The molecule has 1 aliphatic rings. The van der Waals surface area contributed by atoms with Crippen molar-refractivity contribution in [3.8, 4) is 0 Å². The Morgan fingerprint density at radius 1 is 1.47 bits per heavy atom. The lowest BCUT2D eigenvalue weighted by atomic mass is 10.1. The van der Waals surface area contributed by atoms with E-state index in [0.29, 0.717) is 18.8 Å². The number of pyridine rings is 1. The summed E-state index contributed by atoms with van der Waals surface area (Å²) in [6, 6.07) is 5.79. The summed E-state index contributed by atoms with van der Waals surface area (Å²) >= 11 is 0. The molecule has 5 heteroatoms. The highest BCUT2D eigenvalue weighted by Gasteiger charge is 2.24. The van der Waals surface area contributed by atoms with Crippen LogP contribution in [-0.4, -0.2) is 44.5 Å². The fourth-order valence-electron chi connectivity index (χ4n) is 2.55. The van der Waals surface area contributed by atoms with E-state index in [1.54, 1.807) is 11.1 Å². The molecule has 2 aromatic rings. The van der Waals surface area contributed by atoms with Crippen molar-refractivity contribution < 1.29 is 9.90 Å². The normalized spacial score (nSPS) is 19.9. The van der Waals surface area contributed by atoms with Crippen LogP contribution in [0.1, 0.15) is 29.0 Å². The van der Waals surface area contributed by atoms with E-state index in [0.717, 1.165) is 24.2 Å². The number of carbonyl (C=O) groups excluding carboxylic acids is 1. The van der Waals surface area contributed by atoms with Gasteiger partial charge in [-0.15, -0.1) is 0 Å². The summed E-state index contributed by atoms with van der Waals surface area (Å²) in [6.07, 6.45) is 2.98. The summed E-state index contributed by atoms with van der Waals surface area (Å²) in [6.45, 7) is 3.09. The Kier molecular flexibility index (Phi) is 2.98. The summed E-state index contributed by atoms with van der Waals surface area (Å²) < 4.78 is 1.91. The maximum absolute atomic E-state index is 12.4. The van der Waals surface area contributed by atoms with Gasteiger partial charge in [0.25, 0.3) is 5.91 Å². The minimum absolute atomic E-state index is 0.0955. The van der Waals surface area contributed by atoms with Gasteiger partial charge < -0.3 is 14.4 Å². The van der Waals surface area contributed by atoms with Gasteiger partial charge in [-0.3, -0.25) is 4.79 Å². The first-order chi connectivity index (χ1) is 9.15. The lowest BCUT2D eigenvalue weighted by Crippen LogP contribution is -2.42. The van der Waals surface area contributed by atoms with Crippen LogP contribution in [0.25, 0.3) is 5.65 Å². The van der Waals surface area contributed by atoms with E-state index < -0.39 is 6.10 Å². The Morgan fingerprint density at radius 3 is 3.05 bits per heavy atom. The highest BCUT2D eigenvalue weighted by atomic mass is 16.3. The number of amides is 1. The zero-order valence-electron chi connectivity index (χ0n) is 10.9. The van der Waals surface area contributed by atoms with Crippen LogP contribution >= 0.6 is 0 Å². The van der Waals surface area contributed by atoms with E-state index in [-0.39, 0.29) is 5.91 Å². The average molecular weight is 259 g/mol. The molecule has 1 saturated heterocycles. The maximum Gasteiger partial charge on any atom is 0.274 e. The molecule has 0 aromatic carbocycles. The van der Waals surface area contributed by atoms with Gasteiger partial charge in [0, 0.05) is 25.0 Å². The van der Waals surface area contributed by atoms with E-state index in [4.69, 9.17) is 0 Å². The molecular formula is C14H17N3O2. The Bertz CT molecular complexity index is 620. The van der Waals surface area contributed by atoms with Crippen molar-refractivity contribution in [3.05, 3.63) is 35.8 Å². The van der Waals surface area contributed by atoms with Crippen LogP contribution in [0.3, 0.4) is 0 Å². The number of β-amino-alcohol motifs (C(OH)–C–C–N with tert-alkyl or cyclic N) is 1. The zero-order valence-corrected chi connectivity index (χ0v) is 10.9. The lowest BCUT2D eigenvalue weighted by Gasteiger charge is -2.29. The van der Waals surface area contributed by atoms with Gasteiger partial charge in [0.2, 0.25) is 0 Å².